The van der Waals surface area contributed by atoms with Crippen molar-refractivity contribution in [2.75, 3.05) is 13.1 Å². The highest BCUT2D eigenvalue weighted by Gasteiger charge is 2.26. The maximum absolute atomic E-state index is 12.9. The summed E-state index contributed by atoms with van der Waals surface area (Å²) in [5.41, 5.74) is 5.35. The molecule has 0 radical (unpaired) electrons. The number of nitrogens with one attached hydrogen (secondary N) is 1. The van der Waals surface area contributed by atoms with Crippen molar-refractivity contribution in [1.29, 1.82) is 0 Å². The number of carbonyl (C=O) groups excluding carboxylic acids is 2. The van der Waals surface area contributed by atoms with Crippen LogP contribution in [0.2, 0.25) is 0 Å². The molecule has 1 fully saturated rings. The van der Waals surface area contributed by atoms with E-state index in [1.165, 1.54) is 11.1 Å². The monoisotopic (exact) mass is 302 g/mol. The molecule has 1 aliphatic heterocycles. The van der Waals surface area contributed by atoms with Gasteiger partial charge in [-0.1, -0.05) is 6.07 Å². The molecule has 1 aliphatic rings. The summed E-state index contributed by atoms with van der Waals surface area (Å²) in [5.74, 6) is 0.133. The molecule has 1 aromatic rings. The zero-order valence-electron chi connectivity index (χ0n) is 14.2. The van der Waals surface area contributed by atoms with Crippen LogP contribution >= 0.6 is 0 Å². The highest BCUT2D eigenvalue weighted by atomic mass is 16.2. The Morgan fingerprint density at radius 1 is 1.05 bits per heavy atom. The first kappa shape index (κ1) is 16.5. The van der Waals surface area contributed by atoms with Crippen molar-refractivity contribution < 1.29 is 9.59 Å². The van der Waals surface area contributed by atoms with Gasteiger partial charge in [0, 0.05) is 31.6 Å². The van der Waals surface area contributed by atoms with E-state index in [0.29, 0.717) is 13.1 Å². The molecule has 22 heavy (non-hydrogen) atoms. The number of hydrogen-bond acceptors (Lipinski definition) is 2. The molecule has 0 spiro atoms. The third-order valence-corrected chi connectivity index (χ3v) is 4.77. The van der Waals surface area contributed by atoms with Crippen molar-refractivity contribution in [1.82, 2.24) is 10.2 Å². The van der Waals surface area contributed by atoms with Crippen molar-refractivity contribution in [2.45, 2.75) is 53.5 Å². The summed E-state index contributed by atoms with van der Waals surface area (Å²) < 4.78 is 0. The molecule has 4 nitrogen and oxygen atoms in total. The Hall–Kier alpha value is -1.84. The van der Waals surface area contributed by atoms with Gasteiger partial charge in [-0.15, -0.1) is 0 Å². The van der Waals surface area contributed by atoms with Crippen LogP contribution < -0.4 is 5.32 Å². The number of benzene rings is 1. The molecule has 0 unspecified atom stereocenters. The van der Waals surface area contributed by atoms with Gasteiger partial charge in [-0.2, -0.15) is 0 Å². The summed E-state index contributed by atoms with van der Waals surface area (Å²) in [6.07, 6.45) is 1.66. The normalized spacial score (nSPS) is 15.8. The van der Waals surface area contributed by atoms with Crippen LogP contribution in [0, 0.1) is 27.7 Å². The molecule has 4 heteroatoms. The van der Waals surface area contributed by atoms with Crippen molar-refractivity contribution in [3.8, 4) is 0 Å². The number of aryl methyl sites for hydroxylation is 2. The summed E-state index contributed by atoms with van der Waals surface area (Å²) >= 11 is 0. The van der Waals surface area contributed by atoms with Gasteiger partial charge in [-0.3, -0.25) is 9.59 Å². The lowest BCUT2D eigenvalue weighted by atomic mass is 9.92. The van der Waals surface area contributed by atoms with Crippen LogP contribution in [-0.2, 0) is 4.79 Å². The average molecular weight is 302 g/mol. The Labute approximate surface area is 132 Å². The second-order valence-corrected chi connectivity index (χ2v) is 6.40. The van der Waals surface area contributed by atoms with E-state index in [-0.39, 0.29) is 17.9 Å². The fourth-order valence-electron chi connectivity index (χ4n) is 3.21. The second kappa shape index (κ2) is 6.51. The Balaban J connectivity index is 2.16. The van der Waals surface area contributed by atoms with Crippen molar-refractivity contribution in [3.63, 3.8) is 0 Å². The van der Waals surface area contributed by atoms with E-state index >= 15 is 0 Å². The molecule has 2 amide bonds. The van der Waals surface area contributed by atoms with E-state index in [9.17, 15) is 9.59 Å². The highest BCUT2D eigenvalue weighted by molar-refractivity contribution is 5.97. The predicted octanol–water partition coefficient (Wildman–Crippen LogP) is 2.66. The lowest BCUT2D eigenvalue weighted by molar-refractivity contribution is -0.119. The van der Waals surface area contributed by atoms with Gasteiger partial charge in [0.15, 0.2) is 0 Å². The van der Waals surface area contributed by atoms with Crippen LogP contribution in [0.3, 0.4) is 0 Å². The van der Waals surface area contributed by atoms with E-state index in [1.54, 1.807) is 6.92 Å². The summed E-state index contributed by atoms with van der Waals surface area (Å²) in [5, 5.41) is 2.95. The minimum absolute atomic E-state index is 0.00535. The summed E-state index contributed by atoms with van der Waals surface area (Å²) in [6.45, 7) is 11.1. The van der Waals surface area contributed by atoms with Gasteiger partial charge in [0.1, 0.15) is 0 Å². The van der Waals surface area contributed by atoms with E-state index in [1.807, 2.05) is 18.7 Å². The topological polar surface area (TPSA) is 49.4 Å². The molecular weight excluding hydrogens is 276 g/mol. The third kappa shape index (κ3) is 3.32. The van der Waals surface area contributed by atoms with E-state index < -0.39 is 0 Å². The summed E-state index contributed by atoms with van der Waals surface area (Å²) in [4.78, 5) is 26.0. The van der Waals surface area contributed by atoms with Gasteiger partial charge in [-0.25, -0.2) is 0 Å². The first-order valence-corrected chi connectivity index (χ1v) is 7.95. The number of rotatable bonds is 2. The van der Waals surface area contributed by atoms with Crippen LogP contribution in [0.25, 0.3) is 0 Å². The van der Waals surface area contributed by atoms with Crippen LogP contribution in [0.15, 0.2) is 6.07 Å². The molecule has 0 bridgehead atoms. The molecule has 0 aliphatic carbocycles. The van der Waals surface area contributed by atoms with Crippen molar-refractivity contribution >= 4 is 11.8 Å². The van der Waals surface area contributed by atoms with Gasteiger partial charge < -0.3 is 10.2 Å². The Morgan fingerprint density at radius 2 is 1.55 bits per heavy atom. The molecule has 2 rings (SSSR count). The lowest BCUT2D eigenvalue weighted by Crippen LogP contribution is -2.46. The van der Waals surface area contributed by atoms with Crippen molar-refractivity contribution in [3.05, 3.63) is 33.9 Å². The van der Waals surface area contributed by atoms with Gasteiger partial charge in [0.05, 0.1) is 0 Å². The van der Waals surface area contributed by atoms with Gasteiger partial charge in [0.25, 0.3) is 5.91 Å². The third-order valence-electron chi connectivity index (χ3n) is 4.77. The molecule has 120 valence electrons. The zero-order chi connectivity index (χ0) is 16.4. The lowest BCUT2D eigenvalue weighted by Gasteiger charge is -2.33. The SMILES string of the molecule is CC(=O)NC1CCN(C(=O)c2c(C)c(C)cc(C)c2C)CC1. The number of nitrogens with zero attached hydrogens (tertiary/aromatic N) is 1. The Kier molecular flexibility index (Phi) is 4.89. The quantitative estimate of drug-likeness (QED) is 0.913. The number of likely N-dealkylation sites (tertiary alicyclic amines) is 1. The Morgan fingerprint density at radius 3 is 2.00 bits per heavy atom. The first-order valence-electron chi connectivity index (χ1n) is 7.95. The molecule has 1 N–H and O–H groups in total. The number of amides is 2. The van der Waals surface area contributed by atoms with E-state index in [4.69, 9.17) is 0 Å². The standard InChI is InChI=1S/C18H26N2O2/c1-11-10-12(2)14(4)17(13(11)3)18(22)20-8-6-16(7-9-20)19-15(5)21/h10,16H,6-9H2,1-5H3,(H,19,21). The van der Waals surface area contributed by atoms with Crippen LogP contribution in [0.1, 0.15) is 52.4 Å². The maximum atomic E-state index is 12.9. The average Bonchev–Trinajstić information content (AvgIpc) is 2.45. The molecule has 1 saturated heterocycles. The fourth-order valence-corrected chi connectivity index (χ4v) is 3.21. The van der Waals surface area contributed by atoms with Gasteiger partial charge >= 0.3 is 0 Å². The van der Waals surface area contributed by atoms with Crippen molar-refractivity contribution in [2.24, 2.45) is 0 Å². The van der Waals surface area contributed by atoms with Crippen LogP contribution in [0.4, 0.5) is 0 Å². The number of hydrogen-bond donors (Lipinski definition) is 1. The largest absolute Gasteiger partial charge is 0.353 e. The van der Waals surface area contributed by atoms with E-state index in [2.05, 4.69) is 25.2 Å². The van der Waals surface area contributed by atoms with Gasteiger partial charge in [0.2, 0.25) is 5.91 Å². The zero-order valence-corrected chi connectivity index (χ0v) is 14.2. The Bertz CT molecular complexity index is 573. The highest BCUT2D eigenvalue weighted by Crippen LogP contribution is 2.24. The predicted molar refractivity (Wildman–Crippen MR) is 88.1 cm³/mol. The maximum Gasteiger partial charge on any atom is 0.254 e. The minimum atomic E-state index is 0.00535. The molecule has 1 heterocycles. The van der Waals surface area contributed by atoms with Crippen LogP contribution in [-0.4, -0.2) is 35.8 Å². The molecular formula is C18H26N2O2. The van der Waals surface area contributed by atoms with Gasteiger partial charge in [-0.05, 0) is 62.8 Å². The molecule has 0 aromatic heterocycles. The smallest absolute Gasteiger partial charge is 0.254 e. The molecule has 0 saturated carbocycles. The van der Waals surface area contributed by atoms with Crippen LogP contribution in [0.5, 0.6) is 0 Å². The first-order chi connectivity index (χ1) is 10.3. The number of piperidine rings is 1. The number of carbonyl (C=O) groups is 2. The summed E-state index contributed by atoms with van der Waals surface area (Å²) in [7, 11) is 0. The summed E-state index contributed by atoms with van der Waals surface area (Å²) in [6, 6.07) is 2.34. The fraction of sp³-hybridized carbons (Fsp3) is 0.556. The second-order valence-electron chi connectivity index (χ2n) is 6.40. The minimum Gasteiger partial charge on any atom is -0.353 e. The molecule has 0 atom stereocenters. The van der Waals surface area contributed by atoms with E-state index in [0.717, 1.165) is 29.5 Å². The molecule has 1 aromatic carbocycles.